The second-order valence-electron chi connectivity index (χ2n) is 4.24. The molecule has 20 heavy (non-hydrogen) atoms. The molecule has 0 amide bonds. The van der Waals surface area contributed by atoms with Gasteiger partial charge in [-0.3, -0.25) is 10.1 Å². The number of sulfonamides is 1. The average molecular weight is 306 g/mol. The van der Waals surface area contributed by atoms with Gasteiger partial charge in [-0.2, -0.15) is 4.39 Å². The largest absolute Gasteiger partial charge is 0.392 e. The van der Waals surface area contributed by atoms with E-state index in [1.807, 2.05) is 0 Å². The van der Waals surface area contributed by atoms with E-state index >= 15 is 0 Å². The van der Waals surface area contributed by atoms with E-state index in [0.717, 1.165) is 6.07 Å². The SMILES string of the molecule is CCC(O)CNS(=O)(=O)c1cc(C)c(F)c([N+](=O)[O-])c1. The maximum Gasteiger partial charge on any atom is 0.306 e. The van der Waals surface area contributed by atoms with E-state index in [1.165, 1.54) is 6.92 Å². The summed E-state index contributed by atoms with van der Waals surface area (Å²) >= 11 is 0. The number of nitrogens with zero attached hydrogens (tertiary/aromatic N) is 1. The minimum Gasteiger partial charge on any atom is -0.392 e. The van der Waals surface area contributed by atoms with Gasteiger partial charge in [-0.25, -0.2) is 13.1 Å². The highest BCUT2D eigenvalue weighted by atomic mass is 32.2. The summed E-state index contributed by atoms with van der Waals surface area (Å²) in [6, 6.07) is 1.66. The lowest BCUT2D eigenvalue weighted by Crippen LogP contribution is -2.31. The number of rotatable bonds is 6. The van der Waals surface area contributed by atoms with Crippen molar-refractivity contribution in [2.75, 3.05) is 6.54 Å². The molecule has 0 fully saturated rings. The topological polar surface area (TPSA) is 110 Å². The zero-order valence-electron chi connectivity index (χ0n) is 11.0. The molecule has 0 spiro atoms. The van der Waals surface area contributed by atoms with Gasteiger partial charge in [0.1, 0.15) is 0 Å². The van der Waals surface area contributed by atoms with Gasteiger partial charge in [-0.15, -0.1) is 0 Å². The molecule has 112 valence electrons. The van der Waals surface area contributed by atoms with Crippen molar-refractivity contribution in [2.24, 2.45) is 0 Å². The van der Waals surface area contributed by atoms with Crippen molar-refractivity contribution in [1.29, 1.82) is 0 Å². The van der Waals surface area contributed by atoms with Crippen LogP contribution in [-0.4, -0.2) is 31.1 Å². The molecular weight excluding hydrogens is 291 g/mol. The second-order valence-corrected chi connectivity index (χ2v) is 6.01. The molecular formula is C11H15FN2O5S. The number of hydrogen-bond donors (Lipinski definition) is 2. The van der Waals surface area contributed by atoms with Crippen LogP contribution in [0.15, 0.2) is 17.0 Å². The van der Waals surface area contributed by atoms with E-state index in [0.29, 0.717) is 12.5 Å². The molecule has 2 N–H and O–H groups in total. The monoisotopic (exact) mass is 306 g/mol. The van der Waals surface area contributed by atoms with Crippen LogP contribution in [0.25, 0.3) is 0 Å². The van der Waals surface area contributed by atoms with E-state index in [2.05, 4.69) is 4.72 Å². The predicted octanol–water partition coefficient (Wildman–Crippen LogP) is 1.09. The zero-order chi connectivity index (χ0) is 15.5. The molecule has 1 rings (SSSR count). The van der Waals surface area contributed by atoms with E-state index in [9.17, 15) is 28.0 Å². The maximum absolute atomic E-state index is 13.5. The summed E-state index contributed by atoms with van der Waals surface area (Å²) in [5.41, 5.74) is -1.04. The highest BCUT2D eigenvalue weighted by Gasteiger charge is 2.24. The Morgan fingerprint density at radius 3 is 2.60 bits per heavy atom. The van der Waals surface area contributed by atoms with Crippen LogP contribution in [0.3, 0.4) is 0 Å². The smallest absolute Gasteiger partial charge is 0.306 e. The number of hydrogen-bond acceptors (Lipinski definition) is 5. The van der Waals surface area contributed by atoms with Gasteiger partial charge in [0.15, 0.2) is 0 Å². The van der Waals surface area contributed by atoms with Crippen LogP contribution in [0.1, 0.15) is 18.9 Å². The standard InChI is InChI=1S/C11H15FN2O5S/c1-3-8(15)6-13-20(18,19)9-4-7(2)11(12)10(5-9)14(16)17/h4-5,8,13,15H,3,6H2,1-2H3. The fourth-order valence-electron chi connectivity index (χ4n) is 1.44. The minimum absolute atomic E-state index is 0.143. The molecule has 9 heteroatoms. The number of nitro benzene ring substituents is 1. The first-order valence-corrected chi connectivity index (χ1v) is 7.29. The first-order valence-electron chi connectivity index (χ1n) is 5.81. The summed E-state index contributed by atoms with van der Waals surface area (Å²) in [5, 5.41) is 20.0. The van der Waals surface area contributed by atoms with E-state index in [-0.39, 0.29) is 12.1 Å². The Kier molecular flexibility index (Phi) is 5.15. The first kappa shape index (κ1) is 16.5. The molecule has 1 aromatic rings. The lowest BCUT2D eigenvalue weighted by Gasteiger charge is -2.11. The highest BCUT2D eigenvalue weighted by Crippen LogP contribution is 2.24. The van der Waals surface area contributed by atoms with Crippen LogP contribution in [0.5, 0.6) is 0 Å². The molecule has 0 aliphatic carbocycles. The lowest BCUT2D eigenvalue weighted by molar-refractivity contribution is -0.387. The van der Waals surface area contributed by atoms with Gasteiger partial charge in [0.25, 0.3) is 0 Å². The molecule has 1 aromatic carbocycles. The summed E-state index contributed by atoms with van der Waals surface area (Å²) in [7, 11) is -4.04. The molecule has 7 nitrogen and oxygen atoms in total. The van der Waals surface area contributed by atoms with Gasteiger partial charge >= 0.3 is 5.69 Å². The van der Waals surface area contributed by atoms with Gasteiger partial charge in [0.2, 0.25) is 15.8 Å². The Bertz CT molecular complexity index is 617. The number of aryl methyl sites for hydroxylation is 1. The Morgan fingerprint density at radius 2 is 2.10 bits per heavy atom. The highest BCUT2D eigenvalue weighted by molar-refractivity contribution is 7.89. The van der Waals surface area contributed by atoms with Crippen molar-refractivity contribution >= 4 is 15.7 Å². The first-order chi connectivity index (χ1) is 9.19. The molecule has 0 aliphatic rings. The van der Waals surface area contributed by atoms with Crippen LogP contribution in [0.2, 0.25) is 0 Å². The maximum atomic E-state index is 13.5. The second kappa shape index (κ2) is 6.25. The lowest BCUT2D eigenvalue weighted by atomic mass is 10.2. The van der Waals surface area contributed by atoms with Crippen LogP contribution in [0, 0.1) is 22.9 Å². The van der Waals surface area contributed by atoms with E-state index in [4.69, 9.17) is 0 Å². The molecule has 0 radical (unpaired) electrons. The minimum atomic E-state index is -4.04. The van der Waals surface area contributed by atoms with Gasteiger partial charge in [-0.05, 0) is 25.0 Å². The van der Waals surface area contributed by atoms with Gasteiger partial charge in [0, 0.05) is 12.6 Å². The van der Waals surface area contributed by atoms with Crippen molar-refractivity contribution < 1.29 is 22.8 Å². The fraction of sp³-hybridized carbons (Fsp3) is 0.455. The summed E-state index contributed by atoms with van der Waals surface area (Å²) in [6.45, 7) is 2.69. The quantitative estimate of drug-likeness (QED) is 0.604. The van der Waals surface area contributed by atoms with E-state index < -0.39 is 37.5 Å². The Hall–Kier alpha value is -1.58. The molecule has 0 saturated heterocycles. The zero-order valence-corrected chi connectivity index (χ0v) is 11.8. The van der Waals surface area contributed by atoms with Crippen molar-refractivity contribution in [1.82, 2.24) is 4.72 Å². The van der Waals surface area contributed by atoms with Crippen molar-refractivity contribution in [3.05, 3.63) is 33.6 Å². The predicted molar refractivity (Wildman–Crippen MR) is 69.3 cm³/mol. The van der Waals surface area contributed by atoms with Gasteiger partial charge in [-0.1, -0.05) is 6.92 Å². The summed E-state index contributed by atoms with van der Waals surface area (Å²) < 4.78 is 39.5. The summed E-state index contributed by atoms with van der Waals surface area (Å²) in [4.78, 5) is 9.28. The molecule has 0 saturated carbocycles. The fourth-order valence-corrected chi connectivity index (χ4v) is 2.62. The van der Waals surface area contributed by atoms with Crippen molar-refractivity contribution in [2.45, 2.75) is 31.3 Å². The number of halogens is 1. The van der Waals surface area contributed by atoms with Crippen LogP contribution in [-0.2, 0) is 10.0 Å². The molecule has 1 unspecified atom stereocenters. The number of nitrogens with one attached hydrogen (secondary N) is 1. The summed E-state index contributed by atoms with van der Waals surface area (Å²) in [6.07, 6.45) is -0.508. The Balaban J connectivity index is 3.16. The number of benzene rings is 1. The van der Waals surface area contributed by atoms with Crippen LogP contribution < -0.4 is 4.72 Å². The molecule has 0 heterocycles. The average Bonchev–Trinajstić information content (AvgIpc) is 2.38. The van der Waals surface area contributed by atoms with Crippen LogP contribution in [0.4, 0.5) is 10.1 Å². The molecule has 0 aromatic heterocycles. The molecule has 1 atom stereocenters. The van der Waals surface area contributed by atoms with Crippen LogP contribution >= 0.6 is 0 Å². The van der Waals surface area contributed by atoms with Crippen molar-refractivity contribution in [3.63, 3.8) is 0 Å². The third kappa shape index (κ3) is 3.71. The Labute approximate surface area is 115 Å². The number of nitro groups is 1. The van der Waals surface area contributed by atoms with Gasteiger partial charge in [0.05, 0.1) is 15.9 Å². The van der Waals surface area contributed by atoms with Gasteiger partial charge < -0.3 is 5.11 Å². The summed E-state index contributed by atoms with van der Waals surface area (Å²) in [5.74, 6) is -1.07. The number of aliphatic hydroxyl groups is 1. The molecule has 0 aliphatic heterocycles. The Morgan fingerprint density at radius 1 is 1.50 bits per heavy atom. The third-order valence-electron chi connectivity index (χ3n) is 2.70. The third-order valence-corrected chi connectivity index (χ3v) is 4.10. The molecule has 0 bridgehead atoms. The van der Waals surface area contributed by atoms with Crippen molar-refractivity contribution in [3.8, 4) is 0 Å². The number of aliphatic hydroxyl groups excluding tert-OH is 1. The van der Waals surface area contributed by atoms with E-state index in [1.54, 1.807) is 6.92 Å². The normalized spacial score (nSPS) is 13.2.